The number of methoxy groups -OCH3 is 1. The van der Waals surface area contributed by atoms with Crippen molar-refractivity contribution in [2.24, 2.45) is 0 Å². The first kappa shape index (κ1) is 11.5. The van der Waals surface area contributed by atoms with Gasteiger partial charge in [0.1, 0.15) is 5.72 Å². The van der Waals surface area contributed by atoms with E-state index in [9.17, 15) is 4.79 Å². The van der Waals surface area contributed by atoms with Crippen molar-refractivity contribution in [2.45, 2.75) is 38.5 Å². The van der Waals surface area contributed by atoms with Crippen LogP contribution in [0.4, 0.5) is 0 Å². The van der Waals surface area contributed by atoms with E-state index >= 15 is 0 Å². The molecule has 1 rings (SSSR count). The number of hydrogen-bond donors (Lipinski definition) is 0. The minimum Gasteiger partial charge on any atom is -0.469 e. The number of ether oxygens (including phenoxy) is 2. The second-order valence-electron chi connectivity index (χ2n) is 4.14. The highest BCUT2D eigenvalue weighted by Gasteiger charge is 2.37. The number of hydrogen-bond acceptors (Lipinski definition) is 4. The summed E-state index contributed by atoms with van der Waals surface area (Å²) >= 11 is 0. The zero-order valence-electron chi connectivity index (χ0n) is 9.37. The average molecular weight is 201 g/mol. The van der Waals surface area contributed by atoms with Gasteiger partial charge in [-0.2, -0.15) is 0 Å². The Kier molecular flexibility index (Phi) is 3.50. The zero-order valence-corrected chi connectivity index (χ0v) is 9.37. The number of likely N-dealkylation sites (N-methyl/N-ethyl adjacent to an activating group) is 1. The Morgan fingerprint density at radius 2 is 2.29 bits per heavy atom. The Labute approximate surface area is 85.2 Å². The van der Waals surface area contributed by atoms with Crippen molar-refractivity contribution in [1.29, 1.82) is 0 Å². The molecule has 0 aliphatic carbocycles. The summed E-state index contributed by atoms with van der Waals surface area (Å²) in [6.45, 7) is 4.76. The smallest absolute Gasteiger partial charge is 0.305 e. The maximum absolute atomic E-state index is 11.0. The van der Waals surface area contributed by atoms with E-state index in [0.717, 1.165) is 6.42 Å². The Morgan fingerprint density at radius 1 is 1.64 bits per heavy atom. The van der Waals surface area contributed by atoms with Crippen LogP contribution in [-0.2, 0) is 14.3 Å². The van der Waals surface area contributed by atoms with Crippen molar-refractivity contribution in [3.8, 4) is 0 Å². The van der Waals surface area contributed by atoms with Crippen molar-refractivity contribution in [2.75, 3.05) is 20.8 Å². The average Bonchev–Trinajstić information content (AvgIpc) is 2.40. The second-order valence-corrected chi connectivity index (χ2v) is 4.14. The Bertz CT molecular complexity index is 215. The third-order valence-corrected chi connectivity index (χ3v) is 2.94. The molecule has 0 bridgehead atoms. The van der Waals surface area contributed by atoms with E-state index in [1.165, 1.54) is 7.11 Å². The lowest BCUT2D eigenvalue weighted by atomic mass is 10.1. The van der Waals surface area contributed by atoms with Crippen LogP contribution in [-0.4, -0.2) is 43.4 Å². The van der Waals surface area contributed by atoms with Crippen LogP contribution in [0.3, 0.4) is 0 Å². The van der Waals surface area contributed by atoms with Gasteiger partial charge in [-0.1, -0.05) is 0 Å². The van der Waals surface area contributed by atoms with Crippen molar-refractivity contribution in [3.63, 3.8) is 0 Å². The summed E-state index contributed by atoms with van der Waals surface area (Å²) in [5.74, 6) is -0.150. The minimum absolute atomic E-state index is 0.150. The zero-order chi connectivity index (χ0) is 10.8. The van der Waals surface area contributed by atoms with Gasteiger partial charge in [0.15, 0.2) is 0 Å². The maximum atomic E-state index is 11.0. The van der Waals surface area contributed by atoms with Crippen LogP contribution < -0.4 is 0 Å². The van der Waals surface area contributed by atoms with Crippen LogP contribution in [0, 0.1) is 0 Å². The van der Waals surface area contributed by atoms with Gasteiger partial charge in [0.05, 0.1) is 13.7 Å². The molecular formula is C10H19NO3. The molecule has 1 aliphatic rings. The summed E-state index contributed by atoms with van der Waals surface area (Å²) in [6, 6.07) is 0.323. The van der Waals surface area contributed by atoms with Crippen LogP contribution >= 0.6 is 0 Å². The van der Waals surface area contributed by atoms with Gasteiger partial charge in [0, 0.05) is 12.5 Å². The second kappa shape index (κ2) is 4.28. The van der Waals surface area contributed by atoms with Crippen LogP contribution in [0.2, 0.25) is 0 Å². The summed E-state index contributed by atoms with van der Waals surface area (Å²) in [7, 11) is 3.44. The molecule has 4 nitrogen and oxygen atoms in total. The predicted molar refractivity (Wildman–Crippen MR) is 52.8 cm³/mol. The normalized spacial score (nSPS) is 26.4. The van der Waals surface area contributed by atoms with Gasteiger partial charge in [-0.25, -0.2) is 0 Å². The lowest BCUT2D eigenvalue weighted by molar-refractivity contribution is -0.141. The number of carbonyl (C=O) groups excluding carboxylic acids is 1. The number of esters is 1. The Balaban J connectivity index is 2.37. The van der Waals surface area contributed by atoms with Crippen LogP contribution in [0.25, 0.3) is 0 Å². The molecule has 0 N–H and O–H groups in total. The molecule has 4 heteroatoms. The SMILES string of the molecule is COC(=O)CC[C@H]1COC(C)(C)N1C. The van der Waals surface area contributed by atoms with Crippen molar-refractivity contribution in [1.82, 2.24) is 4.90 Å². The summed E-state index contributed by atoms with van der Waals surface area (Å²) in [5, 5.41) is 0. The van der Waals surface area contributed by atoms with E-state index < -0.39 is 0 Å². The molecule has 0 aromatic rings. The van der Waals surface area contributed by atoms with Crippen LogP contribution in [0.1, 0.15) is 26.7 Å². The standard InChI is InChI=1S/C10H19NO3/c1-10(2)11(3)8(7-14-10)5-6-9(12)13-4/h8H,5-7H2,1-4H3/t8-/m0/s1. The van der Waals surface area contributed by atoms with Gasteiger partial charge in [0.25, 0.3) is 0 Å². The molecule has 1 saturated heterocycles. The first-order chi connectivity index (χ1) is 6.47. The lowest BCUT2D eigenvalue weighted by Gasteiger charge is -2.29. The van der Waals surface area contributed by atoms with Gasteiger partial charge >= 0.3 is 5.97 Å². The van der Waals surface area contributed by atoms with Crippen molar-refractivity contribution in [3.05, 3.63) is 0 Å². The maximum Gasteiger partial charge on any atom is 0.305 e. The quantitative estimate of drug-likeness (QED) is 0.639. The molecule has 0 unspecified atom stereocenters. The third kappa shape index (κ3) is 2.45. The molecule has 0 amide bonds. The molecule has 0 aromatic heterocycles. The van der Waals surface area contributed by atoms with E-state index in [0.29, 0.717) is 19.1 Å². The summed E-state index contributed by atoms with van der Waals surface area (Å²) in [4.78, 5) is 13.1. The van der Waals surface area contributed by atoms with Gasteiger partial charge in [-0.3, -0.25) is 9.69 Å². The molecule has 0 aromatic carbocycles. The van der Waals surface area contributed by atoms with Crippen molar-refractivity contribution < 1.29 is 14.3 Å². The highest BCUT2D eigenvalue weighted by Crippen LogP contribution is 2.27. The fourth-order valence-electron chi connectivity index (χ4n) is 1.62. The molecule has 14 heavy (non-hydrogen) atoms. The Morgan fingerprint density at radius 3 is 2.71 bits per heavy atom. The number of carbonyl (C=O) groups is 1. The minimum atomic E-state index is -0.208. The predicted octanol–water partition coefficient (Wildman–Crippen LogP) is 1.01. The Hall–Kier alpha value is -0.610. The molecule has 0 saturated carbocycles. The highest BCUT2D eigenvalue weighted by atomic mass is 16.5. The van der Waals surface area contributed by atoms with E-state index in [2.05, 4.69) is 9.64 Å². The molecule has 82 valence electrons. The van der Waals surface area contributed by atoms with E-state index in [-0.39, 0.29) is 11.7 Å². The lowest BCUT2D eigenvalue weighted by Crippen LogP contribution is -2.40. The first-order valence-electron chi connectivity index (χ1n) is 4.91. The van der Waals surface area contributed by atoms with Gasteiger partial charge in [0.2, 0.25) is 0 Å². The summed E-state index contributed by atoms with van der Waals surface area (Å²) in [5.41, 5.74) is -0.208. The fourth-order valence-corrected chi connectivity index (χ4v) is 1.62. The molecule has 0 radical (unpaired) electrons. The van der Waals surface area contributed by atoms with E-state index in [1.807, 2.05) is 20.9 Å². The molecule has 1 atom stereocenters. The van der Waals surface area contributed by atoms with E-state index in [4.69, 9.17) is 4.74 Å². The van der Waals surface area contributed by atoms with Crippen LogP contribution in [0.5, 0.6) is 0 Å². The summed E-state index contributed by atoms with van der Waals surface area (Å²) in [6.07, 6.45) is 1.26. The molecule has 0 spiro atoms. The van der Waals surface area contributed by atoms with Gasteiger partial charge in [-0.15, -0.1) is 0 Å². The first-order valence-corrected chi connectivity index (χ1v) is 4.91. The van der Waals surface area contributed by atoms with Crippen molar-refractivity contribution >= 4 is 5.97 Å². The monoisotopic (exact) mass is 201 g/mol. The summed E-state index contributed by atoms with van der Waals surface area (Å²) < 4.78 is 10.2. The highest BCUT2D eigenvalue weighted by molar-refractivity contribution is 5.69. The van der Waals surface area contributed by atoms with Crippen LogP contribution in [0.15, 0.2) is 0 Å². The fraction of sp³-hybridized carbons (Fsp3) is 0.900. The number of rotatable bonds is 3. The third-order valence-electron chi connectivity index (χ3n) is 2.94. The van der Waals surface area contributed by atoms with Gasteiger partial charge in [-0.05, 0) is 27.3 Å². The largest absolute Gasteiger partial charge is 0.469 e. The molecule has 1 aliphatic heterocycles. The number of nitrogens with zero attached hydrogens (tertiary/aromatic N) is 1. The molecular weight excluding hydrogens is 182 g/mol. The molecule has 1 heterocycles. The van der Waals surface area contributed by atoms with Gasteiger partial charge < -0.3 is 9.47 Å². The van der Waals surface area contributed by atoms with E-state index in [1.54, 1.807) is 0 Å². The molecule has 1 fully saturated rings. The topological polar surface area (TPSA) is 38.8 Å².